The first-order chi connectivity index (χ1) is 12.7. The lowest BCUT2D eigenvalue weighted by Gasteiger charge is -2.29. The van der Waals surface area contributed by atoms with Gasteiger partial charge in [-0.1, -0.05) is 6.07 Å². The van der Waals surface area contributed by atoms with Crippen molar-refractivity contribution in [3.05, 3.63) is 65.7 Å². The zero-order chi connectivity index (χ0) is 17.9. The molecule has 1 aliphatic heterocycles. The molecule has 6 heteroatoms. The van der Waals surface area contributed by atoms with Crippen molar-refractivity contribution in [1.29, 1.82) is 0 Å². The van der Waals surface area contributed by atoms with Gasteiger partial charge in [0.25, 0.3) is 0 Å². The Kier molecular flexibility index (Phi) is 4.84. The van der Waals surface area contributed by atoms with E-state index in [0.29, 0.717) is 23.9 Å². The largest absolute Gasteiger partial charge is 0.473 e. The van der Waals surface area contributed by atoms with Gasteiger partial charge in [-0.15, -0.1) is 0 Å². The molecule has 26 heavy (non-hydrogen) atoms. The van der Waals surface area contributed by atoms with Crippen molar-refractivity contribution in [3.63, 3.8) is 0 Å². The molecule has 0 atom stereocenters. The number of benzene rings is 1. The second-order valence-corrected chi connectivity index (χ2v) is 6.63. The van der Waals surface area contributed by atoms with Gasteiger partial charge in [0.2, 0.25) is 5.88 Å². The van der Waals surface area contributed by atoms with E-state index in [1.165, 1.54) is 12.1 Å². The maximum atomic E-state index is 13.4. The fraction of sp³-hybridized carbons (Fsp3) is 0.300. The number of pyridine rings is 2. The summed E-state index contributed by atoms with van der Waals surface area (Å²) in [5, 5.41) is 0.889. The molecule has 2 radical (unpaired) electrons. The molecule has 1 fully saturated rings. The zero-order valence-corrected chi connectivity index (χ0v) is 14.4. The van der Waals surface area contributed by atoms with Gasteiger partial charge in [-0.2, -0.15) is 0 Å². The van der Waals surface area contributed by atoms with Crippen molar-refractivity contribution in [2.24, 2.45) is 0 Å². The van der Waals surface area contributed by atoms with Crippen LogP contribution in [-0.4, -0.2) is 35.8 Å². The van der Waals surface area contributed by atoms with Crippen molar-refractivity contribution in [2.45, 2.75) is 25.4 Å². The van der Waals surface area contributed by atoms with Crippen molar-refractivity contribution >= 4 is 18.9 Å². The number of rotatable bonds is 4. The molecule has 0 N–H and O–H groups in total. The Labute approximate surface area is 153 Å². The fourth-order valence-corrected chi connectivity index (χ4v) is 3.39. The first kappa shape index (κ1) is 17.0. The lowest BCUT2D eigenvalue weighted by Crippen LogP contribution is -2.30. The molecule has 130 valence electrons. The van der Waals surface area contributed by atoms with Gasteiger partial charge in [-0.05, 0) is 50.2 Å². The van der Waals surface area contributed by atoms with E-state index in [9.17, 15) is 4.39 Å². The van der Waals surface area contributed by atoms with Gasteiger partial charge in [0.15, 0.2) is 7.98 Å². The SMILES string of the molecule is [B]N1CCC(c2cccc(OCc3ccnc4cc(F)ccc34)n2)CC1. The van der Waals surface area contributed by atoms with Crippen LogP contribution in [0.4, 0.5) is 4.39 Å². The highest BCUT2D eigenvalue weighted by Gasteiger charge is 2.19. The smallest absolute Gasteiger partial charge is 0.213 e. The standard InChI is InChI=1S/C20H19BFN3O/c21-25-10-7-14(8-11-25)18-2-1-3-20(24-18)26-13-15-6-9-23-19-12-16(22)4-5-17(15)19/h1-6,9,12,14H,7-8,10-11,13H2. The Hall–Kier alpha value is -2.47. The normalized spacial score (nSPS) is 16.0. The van der Waals surface area contributed by atoms with E-state index >= 15 is 0 Å². The van der Waals surface area contributed by atoms with Crippen molar-refractivity contribution < 1.29 is 9.13 Å². The van der Waals surface area contributed by atoms with E-state index in [4.69, 9.17) is 12.7 Å². The molecule has 0 spiro atoms. The number of nitrogens with zero attached hydrogens (tertiary/aromatic N) is 3. The Balaban J connectivity index is 1.49. The van der Waals surface area contributed by atoms with Gasteiger partial charge >= 0.3 is 0 Å². The third-order valence-electron chi connectivity index (χ3n) is 4.86. The van der Waals surface area contributed by atoms with Crippen LogP contribution in [0, 0.1) is 5.82 Å². The minimum Gasteiger partial charge on any atom is -0.473 e. The first-order valence-electron chi connectivity index (χ1n) is 8.81. The minimum absolute atomic E-state index is 0.291. The third-order valence-corrected chi connectivity index (χ3v) is 4.86. The molecule has 1 aromatic carbocycles. The first-order valence-corrected chi connectivity index (χ1v) is 8.81. The highest BCUT2D eigenvalue weighted by atomic mass is 19.1. The highest BCUT2D eigenvalue weighted by Crippen LogP contribution is 2.27. The van der Waals surface area contributed by atoms with Gasteiger partial charge in [0, 0.05) is 40.9 Å². The molecule has 4 nitrogen and oxygen atoms in total. The summed E-state index contributed by atoms with van der Waals surface area (Å²) in [6.45, 7) is 2.14. The number of hydrogen-bond donors (Lipinski definition) is 0. The molecule has 0 amide bonds. The second kappa shape index (κ2) is 7.42. The molecule has 0 aliphatic carbocycles. The van der Waals surface area contributed by atoms with Crippen molar-refractivity contribution in [3.8, 4) is 5.88 Å². The summed E-state index contributed by atoms with van der Waals surface area (Å²) in [5.74, 6) is 0.730. The number of fused-ring (bicyclic) bond motifs is 1. The number of hydrogen-bond acceptors (Lipinski definition) is 4. The summed E-state index contributed by atoms with van der Waals surface area (Å²) in [6.07, 6.45) is 3.69. The molecular weight excluding hydrogens is 328 g/mol. The van der Waals surface area contributed by atoms with Gasteiger partial charge in [0.05, 0.1) is 5.52 Å². The van der Waals surface area contributed by atoms with E-state index in [0.717, 1.165) is 42.6 Å². The van der Waals surface area contributed by atoms with Crippen LogP contribution < -0.4 is 4.74 Å². The van der Waals surface area contributed by atoms with Crippen molar-refractivity contribution in [2.75, 3.05) is 13.1 Å². The predicted octanol–water partition coefficient (Wildman–Crippen LogP) is 3.61. The van der Waals surface area contributed by atoms with Gasteiger partial charge < -0.3 is 9.55 Å². The van der Waals surface area contributed by atoms with Crippen LogP contribution in [-0.2, 0) is 6.61 Å². The lowest BCUT2D eigenvalue weighted by atomic mass is 9.92. The summed E-state index contributed by atoms with van der Waals surface area (Å²) in [5.41, 5.74) is 2.64. The Morgan fingerprint density at radius 1 is 1.15 bits per heavy atom. The maximum Gasteiger partial charge on any atom is 0.213 e. The van der Waals surface area contributed by atoms with E-state index in [-0.39, 0.29) is 5.82 Å². The van der Waals surface area contributed by atoms with E-state index < -0.39 is 0 Å². The van der Waals surface area contributed by atoms with Crippen LogP contribution >= 0.6 is 0 Å². The predicted molar refractivity (Wildman–Crippen MR) is 99.6 cm³/mol. The average molecular weight is 347 g/mol. The Morgan fingerprint density at radius 2 is 2.00 bits per heavy atom. The summed E-state index contributed by atoms with van der Waals surface area (Å²) in [7, 11) is 5.83. The summed E-state index contributed by atoms with van der Waals surface area (Å²) in [4.78, 5) is 10.7. The van der Waals surface area contributed by atoms with E-state index in [1.54, 1.807) is 12.3 Å². The average Bonchev–Trinajstić information content (AvgIpc) is 2.67. The van der Waals surface area contributed by atoms with Crippen LogP contribution in [0.2, 0.25) is 0 Å². The van der Waals surface area contributed by atoms with Crippen LogP contribution in [0.1, 0.15) is 30.0 Å². The van der Waals surface area contributed by atoms with Crippen molar-refractivity contribution in [1.82, 2.24) is 14.8 Å². The number of ether oxygens (including phenoxy) is 1. The van der Waals surface area contributed by atoms with E-state index in [2.05, 4.69) is 9.97 Å². The van der Waals surface area contributed by atoms with E-state index in [1.807, 2.05) is 29.1 Å². The summed E-state index contributed by atoms with van der Waals surface area (Å²) < 4.78 is 19.3. The Bertz CT molecular complexity index is 912. The molecule has 3 heterocycles. The van der Waals surface area contributed by atoms with Crippen LogP contribution in [0.15, 0.2) is 48.7 Å². The van der Waals surface area contributed by atoms with Gasteiger partial charge in [-0.3, -0.25) is 4.98 Å². The number of piperidine rings is 1. The molecule has 0 unspecified atom stereocenters. The molecule has 1 aliphatic rings. The van der Waals surface area contributed by atoms with Gasteiger partial charge in [0.1, 0.15) is 12.4 Å². The van der Waals surface area contributed by atoms with Crippen LogP contribution in [0.5, 0.6) is 5.88 Å². The molecule has 0 bridgehead atoms. The minimum atomic E-state index is -0.291. The monoisotopic (exact) mass is 347 g/mol. The molecule has 0 saturated carbocycles. The molecule has 1 saturated heterocycles. The van der Waals surface area contributed by atoms with Crippen LogP contribution in [0.25, 0.3) is 10.9 Å². The van der Waals surface area contributed by atoms with Crippen LogP contribution in [0.3, 0.4) is 0 Å². The molecule has 3 aromatic rings. The highest BCUT2D eigenvalue weighted by molar-refractivity contribution is 6.04. The number of halogens is 1. The lowest BCUT2D eigenvalue weighted by molar-refractivity contribution is 0.290. The summed E-state index contributed by atoms with van der Waals surface area (Å²) >= 11 is 0. The topological polar surface area (TPSA) is 38.2 Å². The fourth-order valence-electron chi connectivity index (χ4n) is 3.39. The quantitative estimate of drug-likeness (QED) is 0.676. The zero-order valence-electron chi connectivity index (χ0n) is 14.4. The molecular formula is C20H19BFN3O. The number of aromatic nitrogens is 2. The third kappa shape index (κ3) is 3.70. The summed E-state index contributed by atoms with van der Waals surface area (Å²) in [6, 6.07) is 12.4. The molecule has 2 aromatic heterocycles. The van der Waals surface area contributed by atoms with Gasteiger partial charge in [-0.25, -0.2) is 9.37 Å². The maximum absolute atomic E-state index is 13.4. The second-order valence-electron chi connectivity index (χ2n) is 6.63. The molecule has 4 rings (SSSR count). The Morgan fingerprint density at radius 3 is 2.85 bits per heavy atom.